The SMILES string of the molecule is CCCCCCCCCCCCCCCC[N+](C)(C)C.NCCCC[C@H](N)C(=O)[O-]. The molecule has 0 aliphatic heterocycles. The molecular weight excluding hydrogens is 374 g/mol. The first-order chi connectivity index (χ1) is 14.2. The standard InChI is InChI=1S/C19H42N.C6H14N2O2/c1-5-6-7-8-9-10-11-12-13-14-15-16-17-18-19-20(2,3)4;7-4-2-1-3-5(8)6(9)10/h5-19H2,1-4H3;5H,1-4,7-8H2,(H,9,10)/q+1;/p-1/t;5-/m.0/s1. The lowest BCUT2D eigenvalue weighted by molar-refractivity contribution is -0.870. The van der Waals surface area contributed by atoms with Crippen molar-refractivity contribution in [1.29, 1.82) is 0 Å². The number of carboxylic acid groups (broad SMARTS) is 1. The molecule has 5 heteroatoms. The van der Waals surface area contributed by atoms with E-state index >= 15 is 0 Å². The Morgan fingerprint density at radius 1 is 0.733 bits per heavy atom. The third kappa shape index (κ3) is 29.6. The molecule has 0 aliphatic carbocycles. The summed E-state index contributed by atoms with van der Waals surface area (Å²) in [5, 5.41) is 10.0. The number of rotatable bonds is 20. The highest BCUT2D eigenvalue weighted by atomic mass is 16.4. The monoisotopic (exact) mass is 429 g/mol. The fraction of sp³-hybridized carbons (Fsp3) is 0.960. The lowest BCUT2D eigenvalue weighted by Crippen LogP contribution is -2.41. The second-order valence-electron chi connectivity index (χ2n) is 9.82. The van der Waals surface area contributed by atoms with E-state index in [4.69, 9.17) is 11.5 Å². The van der Waals surface area contributed by atoms with Gasteiger partial charge in [-0.25, -0.2) is 0 Å². The maximum atomic E-state index is 10.0. The molecule has 0 aromatic heterocycles. The molecule has 1 atom stereocenters. The van der Waals surface area contributed by atoms with E-state index in [1.807, 2.05) is 0 Å². The number of nitrogens with two attached hydrogens (primary N) is 2. The van der Waals surface area contributed by atoms with Gasteiger partial charge in [0, 0.05) is 6.04 Å². The van der Waals surface area contributed by atoms with Gasteiger partial charge in [-0.1, -0.05) is 90.4 Å². The molecule has 0 fully saturated rings. The van der Waals surface area contributed by atoms with Crippen molar-refractivity contribution < 1.29 is 14.4 Å². The fourth-order valence-electron chi connectivity index (χ4n) is 3.41. The van der Waals surface area contributed by atoms with Crippen molar-refractivity contribution in [3.63, 3.8) is 0 Å². The van der Waals surface area contributed by atoms with Crippen molar-refractivity contribution in [3.8, 4) is 0 Å². The summed E-state index contributed by atoms with van der Waals surface area (Å²) in [7, 11) is 6.88. The largest absolute Gasteiger partial charge is 0.548 e. The van der Waals surface area contributed by atoms with Gasteiger partial charge in [0.05, 0.1) is 33.7 Å². The molecule has 0 spiro atoms. The van der Waals surface area contributed by atoms with Gasteiger partial charge in [-0.2, -0.15) is 0 Å². The molecule has 0 aromatic rings. The van der Waals surface area contributed by atoms with E-state index in [-0.39, 0.29) is 0 Å². The van der Waals surface area contributed by atoms with Crippen LogP contribution in [0.15, 0.2) is 0 Å². The van der Waals surface area contributed by atoms with E-state index in [1.54, 1.807) is 0 Å². The highest BCUT2D eigenvalue weighted by Gasteiger charge is 2.05. The number of hydrogen-bond donors (Lipinski definition) is 2. The van der Waals surface area contributed by atoms with Crippen LogP contribution in [0.5, 0.6) is 0 Å². The van der Waals surface area contributed by atoms with Crippen LogP contribution in [0.3, 0.4) is 0 Å². The van der Waals surface area contributed by atoms with Crippen LogP contribution in [0, 0.1) is 0 Å². The van der Waals surface area contributed by atoms with Gasteiger partial charge in [-0.05, 0) is 32.2 Å². The highest BCUT2D eigenvalue weighted by Crippen LogP contribution is 2.13. The number of aliphatic carboxylic acids is 1. The number of carbonyl (C=O) groups is 1. The lowest BCUT2D eigenvalue weighted by atomic mass is 10.0. The van der Waals surface area contributed by atoms with E-state index in [0.29, 0.717) is 13.0 Å². The summed E-state index contributed by atoms with van der Waals surface area (Å²) in [6.07, 6.45) is 22.4. The second kappa shape index (κ2) is 23.0. The molecule has 182 valence electrons. The minimum Gasteiger partial charge on any atom is -0.548 e. The van der Waals surface area contributed by atoms with E-state index in [2.05, 4.69) is 28.1 Å². The number of unbranched alkanes of at least 4 members (excludes halogenated alkanes) is 14. The smallest absolute Gasteiger partial charge is 0.0780 e. The molecule has 0 radical (unpaired) electrons. The van der Waals surface area contributed by atoms with Crippen LogP contribution >= 0.6 is 0 Å². The van der Waals surface area contributed by atoms with E-state index in [0.717, 1.165) is 17.3 Å². The predicted molar refractivity (Wildman–Crippen MR) is 129 cm³/mol. The van der Waals surface area contributed by atoms with Crippen LogP contribution in [0.2, 0.25) is 0 Å². The minimum atomic E-state index is -1.18. The normalized spacial score (nSPS) is 12.3. The molecule has 0 aliphatic rings. The Bertz CT molecular complexity index is 357. The molecule has 0 bridgehead atoms. The zero-order chi connectivity index (χ0) is 23.1. The minimum absolute atomic E-state index is 0.458. The van der Waals surface area contributed by atoms with Gasteiger partial charge in [0.1, 0.15) is 0 Å². The first kappa shape index (κ1) is 31.5. The Hall–Kier alpha value is -0.650. The van der Waals surface area contributed by atoms with E-state index < -0.39 is 12.0 Å². The van der Waals surface area contributed by atoms with Gasteiger partial charge in [0.25, 0.3) is 0 Å². The third-order valence-electron chi connectivity index (χ3n) is 5.45. The van der Waals surface area contributed by atoms with E-state index in [9.17, 15) is 9.90 Å². The summed E-state index contributed by atoms with van der Waals surface area (Å²) < 4.78 is 1.12. The average Bonchev–Trinajstić information content (AvgIpc) is 2.68. The topological polar surface area (TPSA) is 92.2 Å². The van der Waals surface area contributed by atoms with Crippen LogP contribution < -0.4 is 16.6 Å². The van der Waals surface area contributed by atoms with Crippen LogP contribution in [-0.2, 0) is 4.79 Å². The first-order valence-corrected chi connectivity index (χ1v) is 12.7. The van der Waals surface area contributed by atoms with Gasteiger partial charge in [0.2, 0.25) is 0 Å². The summed E-state index contributed by atoms with van der Waals surface area (Å²) in [5.41, 5.74) is 10.3. The van der Waals surface area contributed by atoms with Crippen molar-refractivity contribution >= 4 is 5.97 Å². The maximum absolute atomic E-state index is 10.0. The van der Waals surface area contributed by atoms with Gasteiger partial charge < -0.3 is 25.9 Å². The predicted octanol–water partition coefficient (Wildman–Crippen LogP) is 4.37. The van der Waals surface area contributed by atoms with Crippen molar-refractivity contribution in [2.24, 2.45) is 11.5 Å². The second-order valence-corrected chi connectivity index (χ2v) is 9.82. The molecule has 0 aromatic carbocycles. The highest BCUT2D eigenvalue weighted by molar-refractivity contribution is 5.70. The molecular formula is C25H55N3O2. The van der Waals surface area contributed by atoms with Gasteiger partial charge in [-0.3, -0.25) is 0 Å². The Morgan fingerprint density at radius 3 is 1.47 bits per heavy atom. The maximum Gasteiger partial charge on any atom is 0.0780 e. The molecule has 4 N–H and O–H groups in total. The van der Waals surface area contributed by atoms with E-state index in [1.165, 1.54) is 96.4 Å². The molecule has 0 saturated carbocycles. The zero-order valence-corrected chi connectivity index (χ0v) is 20.9. The van der Waals surface area contributed by atoms with Crippen molar-refractivity contribution in [1.82, 2.24) is 0 Å². The summed E-state index contributed by atoms with van der Waals surface area (Å²) >= 11 is 0. The van der Waals surface area contributed by atoms with Gasteiger partial charge in [-0.15, -0.1) is 0 Å². The Labute approximate surface area is 188 Å². The lowest BCUT2D eigenvalue weighted by Gasteiger charge is -2.23. The molecule has 0 unspecified atom stereocenters. The average molecular weight is 430 g/mol. The summed E-state index contributed by atoms with van der Waals surface area (Å²) in [5.74, 6) is -1.18. The summed E-state index contributed by atoms with van der Waals surface area (Å²) in [4.78, 5) is 10.0. The molecule has 0 rings (SSSR count). The first-order valence-electron chi connectivity index (χ1n) is 12.7. The van der Waals surface area contributed by atoms with Crippen molar-refractivity contribution in [3.05, 3.63) is 0 Å². The molecule has 0 saturated heterocycles. The van der Waals surface area contributed by atoms with Crippen LogP contribution in [0.4, 0.5) is 0 Å². The van der Waals surface area contributed by atoms with Crippen molar-refractivity contribution in [2.45, 2.75) is 122 Å². The Kier molecular flexibility index (Phi) is 24.2. The number of hydrogen-bond acceptors (Lipinski definition) is 4. The molecule has 5 nitrogen and oxygen atoms in total. The van der Waals surface area contributed by atoms with Crippen molar-refractivity contribution in [2.75, 3.05) is 34.2 Å². The zero-order valence-electron chi connectivity index (χ0n) is 20.9. The fourth-order valence-corrected chi connectivity index (χ4v) is 3.41. The number of nitrogens with zero attached hydrogens (tertiary/aromatic N) is 1. The van der Waals surface area contributed by atoms with Crippen LogP contribution in [-0.4, -0.2) is 50.7 Å². The number of carbonyl (C=O) groups excluding carboxylic acids is 1. The molecule has 0 heterocycles. The van der Waals surface area contributed by atoms with Crippen LogP contribution in [0.1, 0.15) is 116 Å². The number of quaternary nitrogens is 1. The van der Waals surface area contributed by atoms with Gasteiger partial charge >= 0.3 is 0 Å². The van der Waals surface area contributed by atoms with Gasteiger partial charge in [0.15, 0.2) is 0 Å². The molecule has 0 amide bonds. The number of carboxylic acids is 1. The van der Waals surface area contributed by atoms with Crippen LogP contribution in [0.25, 0.3) is 0 Å². The third-order valence-corrected chi connectivity index (χ3v) is 5.45. The molecule has 30 heavy (non-hydrogen) atoms. The summed E-state index contributed by atoms with van der Waals surface area (Å²) in [6.45, 7) is 4.21. The Balaban J connectivity index is 0. The summed E-state index contributed by atoms with van der Waals surface area (Å²) in [6, 6.07) is -0.827. The Morgan fingerprint density at radius 2 is 1.13 bits per heavy atom. The quantitative estimate of drug-likeness (QED) is 0.222.